The van der Waals surface area contributed by atoms with Gasteiger partial charge in [-0.15, -0.1) is 5.10 Å². The highest BCUT2D eigenvalue weighted by atomic mass is 16.5. The van der Waals surface area contributed by atoms with Crippen LogP contribution in [0, 0.1) is 11.8 Å². The molecule has 1 aromatic heterocycles. The Hall–Kier alpha value is -4.08. The quantitative estimate of drug-likeness (QED) is 0.254. The Labute approximate surface area is 275 Å². The molecule has 16 heteroatoms. The van der Waals surface area contributed by atoms with Gasteiger partial charge in [-0.2, -0.15) is 0 Å². The average molecular weight is 662 g/mol. The number of rotatable bonds is 7. The summed E-state index contributed by atoms with van der Waals surface area (Å²) in [7, 11) is 0. The molecule has 6 amide bonds. The van der Waals surface area contributed by atoms with Gasteiger partial charge < -0.3 is 36.6 Å². The first-order valence-electron chi connectivity index (χ1n) is 16.6. The molecule has 2 aliphatic heterocycles. The van der Waals surface area contributed by atoms with Gasteiger partial charge in [-0.25, -0.2) is 4.68 Å². The fourth-order valence-electron chi connectivity index (χ4n) is 5.72. The molecule has 0 saturated carbocycles. The molecule has 0 aromatic carbocycles. The van der Waals surface area contributed by atoms with Gasteiger partial charge in [-0.1, -0.05) is 39.3 Å². The molecular formula is C31H51N9O7. The number of aryl methyl sites for hydroxylation is 1. The van der Waals surface area contributed by atoms with E-state index < -0.39 is 53.8 Å². The van der Waals surface area contributed by atoms with Crippen molar-refractivity contribution in [3.05, 3.63) is 11.9 Å². The molecule has 3 rings (SSSR count). The molecule has 6 N–H and O–H groups in total. The van der Waals surface area contributed by atoms with E-state index in [-0.39, 0.29) is 43.3 Å². The molecule has 0 radical (unpaired) electrons. The number of primary amides is 1. The maximum atomic E-state index is 13.8. The number of nitrogens with one attached hydrogen (secondary N) is 4. The molecular weight excluding hydrogens is 610 g/mol. The summed E-state index contributed by atoms with van der Waals surface area (Å²) in [5.41, 5.74) is 6.18. The minimum Gasteiger partial charge on any atom is -0.372 e. The molecule has 1 fully saturated rings. The number of hydrogen-bond acceptors (Lipinski definition) is 9. The van der Waals surface area contributed by atoms with Crippen molar-refractivity contribution in [3.63, 3.8) is 0 Å². The lowest BCUT2D eigenvalue weighted by molar-refractivity contribution is -0.142. The fraction of sp³-hybridized carbons (Fsp3) is 0.742. The van der Waals surface area contributed by atoms with Gasteiger partial charge in [0, 0.05) is 19.5 Å². The smallest absolute Gasteiger partial charge is 0.245 e. The first-order chi connectivity index (χ1) is 22.3. The highest BCUT2D eigenvalue weighted by Gasteiger charge is 2.39. The van der Waals surface area contributed by atoms with Crippen LogP contribution in [0.4, 0.5) is 0 Å². The first kappa shape index (κ1) is 37.4. The lowest BCUT2D eigenvalue weighted by Gasteiger charge is -2.31. The van der Waals surface area contributed by atoms with Crippen LogP contribution in [0.1, 0.15) is 85.3 Å². The Kier molecular flexibility index (Phi) is 14.1. The van der Waals surface area contributed by atoms with Gasteiger partial charge in [0.25, 0.3) is 0 Å². The van der Waals surface area contributed by atoms with Crippen LogP contribution in [0.5, 0.6) is 0 Å². The lowest BCUT2D eigenvalue weighted by atomic mass is 9.97. The summed E-state index contributed by atoms with van der Waals surface area (Å²) in [6.45, 7) is 9.58. The second-order valence-electron chi connectivity index (χ2n) is 12.9. The molecule has 6 atom stereocenters. The Bertz CT molecular complexity index is 1270. The van der Waals surface area contributed by atoms with E-state index in [1.54, 1.807) is 18.5 Å². The summed E-state index contributed by atoms with van der Waals surface area (Å²) in [6, 6.07) is -4.89. The van der Waals surface area contributed by atoms with Gasteiger partial charge >= 0.3 is 0 Å². The van der Waals surface area contributed by atoms with E-state index in [9.17, 15) is 28.8 Å². The molecule has 16 nitrogen and oxygen atoms in total. The van der Waals surface area contributed by atoms with Crippen molar-refractivity contribution < 1.29 is 33.5 Å². The predicted octanol–water partition coefficient (Wildman–Crippen LogP) is -0.494. The second-order valence-corrected chi connectivity index (χ2v) is 12.9. The van der Waals surface area contributed by atoms with Crippen molar-refractivity contribution in [1.82, 2.24) is 41.2 Å². The summed E-state index contributed by atoms with van der Waals surface area (Å²) in [4.78, 5) is 80.4. The summed E-state index contributed by atoms with van der Waals surface area (Å²) in [5, 5.41) is 19.0. The van der Waals surface area contributed by atoms with Crippen LogP contribution in [-0.4, -0.2) is 98.7 Å². The van der Waals surface area contributed by atoms with Crippen molar-refractivity contribution in [1.29, 1.82) is 0 Å². The van der Waals surface area contributed by atoms with E-state index in [1.165, 1.54) is 11.1 Å². The Morgan fingerprint density at radius 1 is 1.06 bits per heavy atom. The maximum absolute atomic E-state index is 13.8. The van der Waals surface area contributed by atoms with Crippen LogP contribution in [0.15, 0.2) is 6.20 Å². The van der Waals surface area contributed by atoms with Crippen molar-refractivity contribution in [2.45, 2.75) is 123 Å². The predicted molar refractivity (Wildman–Crippen MR) is 170 cm³/mol. The third kappa shape index (κ3) is 10.7. The van der Waals surface area contributed by atoms with Gasteiger partial charge in [0.1, 0.15) is 30.2 Å². The zero-order chi connectivity index (χ0) is 34.7. The number of hydrogen-bond donors (Lipinski definition) is 5. The molecule has 1 saturated heterocycles. The largest absolute Gasteiger partial charge is 0.372 e. The molecule has 0 unspecified atom stereocenters. The normalized spacial score (nSPS) is 25.4. The molecule has 0 aliphatic carbocycles. The van der Waals surface area contributed by atoms with Crippen molar-refractivity contribution in [2.75, 3.05) is 13.2 Å². The van der Waals surface area contributed by atoms with Gasteiger partial charge in [0.05, 0.1) is 25.1 Å². The maximum Gasteiger partial charge on any atom is 0.245 e. The summed E-state index contributed by atoms with van der Waals surface area (Å²) in [6.07, 6.45) is 4.67. The van der Waals surface area contributed by atoms with Gasteiger partial charge in [-0.3, -0.25) is 28.8 Å². The summed E-state index contributed by atoms with van der Waals surface area (Å²) in [5.74, 6) is -3.42. The van der Waals surface area contributed by atoms with Crippen LogP contribution in [0.25, 0.3) is 0 Å². The fourth-order valence-corrected chi connectivity index (χ4v) is 5.72. The van der Waals surface area contributed by atoms with E-state index in [1.807, 2.05) is 20.8 Å². The number of carbonyl (C=O) groups is 6. The van der Waals surface area contributed by atoms with E-state index in [2.05, 4.69) is 31.6 Å². The van der Waals surface area contributed by atoms with Crippen LogP contribution in [0.2, 0.25) is 0 Å². The van der Waals surface area contributed by atoms with Crippen LogP contribution in [0.3, 0.4) is 0 Å². The number of ether oxygens (including phenoxy) is 1. The van der Waals surface area contributed by atoms with Crippen LogP contribution in [-0.2, 0) is 46.7 Å². The van der Waals surface area contributed by atoms with Gasteiger partial charge in [0.2, 0.25) is 35.4 Å². The average Bonchev–Trinajstić information content (AvgIpc) is 3.69. The zero-order valence-electron chi connectivity index (χ0n) is 28.1. The van der Waals surface area contributed by atoms with E-state index in [0.717, 1.165) is 0 Å². The first-order valence-corrected chi connectivity index (χ1v) is 16.6. The number of amides is 6. The molecule has 1 aromatic rings. The topological polar surface area (TPSA) is 220 Å². The van der Waals surface area contributed by atoms with Crippen LogP contribution >= 0.6 is 0 Å². The number of fused-ring (bicyclic) bond motifs is 2. The number of carbonyl (C=O) groups excluding carboxylic acids is 6. The standard InChI is InChI=1S/C31H51N9O7/c1-6-19(4)26-30(45)36-23(28(43)35-22(27(32)42)14-18(2)3)17-47-16-21-15-33-38-40(21)13-8-7-11-25(41)34-20(5)31(46)39-12-9-10-24(39)29(44)37-26/h15,18-20,22-24,26H,6-14,16-17H2,1-5H3,(H2,32,42)(H,34,41)(H,35,43)(H,36,45)(H,37,44)/t19-,20-,22-,23-,24-,26-/m0/s1. The molecule has 2 aliphatic rings. The molecule has 3 heterocycles. The van der Waals surface area contributed by atoms with Crippen molar-refractivity contribution in [3.8, 4) is 0 Å². The van der Waals surface area contributed by atoms with Crippen LogP contribution < -0.4 is 27.0 Å². The third-order valence-electron chi connectivity index (χ3n) is 8.64. The third-order valence-corrected chi connectivity index (χ3v) is 8.64. The second kappa shape index (κ2) is 17.7. The van der Waals surface area contributed by atoms with E-state index in [4.69, 9.17) is 10.5 Å². The Morgan fingerprint density at radius 3 is 2.49 bits per heavy atom. The van der Waals surface area contributed by atoms with E-state index >= 15 is 0 Å². The van der Waals surface area contributed by atoms with Crippen molar-refractivity contribution >= 4 is 35.4 Å². The Morgan fingerprint density at radius 2 is 1.81 bits per heavy atom. The highest BCUT2D eigenvalue weighted by molar-refractivity contribution is 5.96. The Balaban J connectivity index is 1.91. The summed E-state index contributed by atoms with van der Waals surface area (Å²) >= 11 is 0. The van der Waals surface area contributed by atoms with Crippen molar-refractivity contribution in [2.24, 2.45) is 17.6 Å². The summed E-state index contributed by atoms with van der Waals surface area (Å²) < 4.78 is 7.51. The zero-order valence-corrected chi connectivity index (χ0v) is 28.1. The van der Waals surface area contributed by atoms with E-state index in [0.29, 0.717) is 57.3 Å². The molecule has 47 heavy (non-hydrogen) atoms. The monoisotopic (exact) mass is 661 g/mol. The SMILES string of the molecule is CC[C@H](C)[C@@H]1NC(=O)[C@@H]2CCCN2C(=O)[C@H](C)NC(=O)CCCCn2nncc2COC[C@@H](C(=O)N[C@@H](CC(C)C)C(N)=O)NC1=O. The van der Waals surface area contributed by atoms with Gasteiger partial charge in [-0.05, 0) is 50.9 Å². The lowest BCUT2D eigenvalue weighted by Crippen LogP contribution is -2.60. The molecule has 0 bridgehead atoms. The number of aromatic nitrogens is 3. The number of nitrogens with two attached hydrogens (primary N) is 1. The minimum atomic E-state index is -1.24. The minimum absolute atomic E-state index is 0.0149. The number of nitrogens with zero attached hydrogens (tertiary/aromatic N) is 4. The van der Waals surface area contributed by atoms with Gasteiger partial charge in [0.15, 0.2) is 0 Å². The molecule has 0 spiro atoms. The highest BCUT2D eigenvalue weighted by Crippen LogP contribution is 2.20. The molecule has 262 valence electrons.